The predicted octanol–water partition coefficient (Wildman–Crippen LogP) is 4.24. The van der Waals surface area contributed by atoms with Crippen LogP contribution in [0.15, 0.2) is 24.3 Å². The lowest BCUT2D eigenvalue weighted by molar-refractivity contribution is 0.0947. The van der Waals surface area contributed by atoms with Crippen molar-refractivity contribution in [2.45, 2.75) is 39.7 Å². The van der Waals surface area contributed by atoms with E-state index in [0.29, 0.717) is 17.9 Å². The molecular weight excluding hydrogens is 422 g/mol. The number of hydrogen-bond acceptors (Lipinski definition) is 5. The summed E-state index contributed by atoms with van der Waals surface area (Å²) in [6.45, 7) is 6.62. The highest BCUT2D eigenvalue weighted by molar-refractivity contribution is 5.97. The van der Waals surface area contributed by atoms with E-state index in [4.69, 9.17) is 14.2 Å². The second kappa shape index (κ2) is 11.9. The van der Waals surface area contributed by atoms with Crippen molar-refractivity contribution in [3.05, 3.63) is 52.1 Å². The second-order valence-electron chi connectivity index (χ2n) is 8.46. The number of unbranched alkanes of at least 4 members (excludes halogenated alkanes) is 1. The summed E-state index contributed by atoms with van der Waals surface area (Å²) in [4.78, 5) is 15.2. The Hall–Kier alpha value is -2.80. The molecule has 0 aliphatic carbocycles. The molecule has 1 aliphatic rings. The first-order valence-corrected chi connectivity index (χ1v) is 11.5. The molecule has 0 saturated heterocycles. The molecule has 0 bridgehead atoms. The third kappa shape index (κ3) is 6.38. The molecule has 0 fully saturated rings. The van der Waals surface area contributed by atoms with Crippen LogP contribution in [0.25, 0.3) is 0 Å². The van der Waals surface area contributed by atoms with Gasteiger partial charge in [0.15, 0.2) is 11.5 Å². The summed E-state index contributed by atoms with van der Waals surface area (Å²) in [6, 6.07) is 7.89. The van der Waals surface area contributed by atoms with Crippen LogP contribution in [-0.4, -0.2) is 57.9 Å². The number of aryl methyl sites for hydroxylation is 2. The minimum Gasteiger partial charge on any atom is -0.493 e. The summed E-state index contributed by atoms with van der Waals surface area (Å²) in [5.74, 6) is 1.84. The number of carbonyl (C=O) groups excluding carboxylic acids is 1. The Morgan fingerprint density at radius 3 is 2.48 bits per heavy atom. The van der Waals surface area contributed by atoms with E-state index in [9.17, 15) is 9.18 Å². The number of ether oxygens (including phenoxy) is 3. The first kappa shape index (κ1) is 24.8. The van der Waals surface area contributed by atoms with Gasteiger partial charge in [0.2, 0.25) is 0 Å². The van der Waals surface area contributed by atoms with Gasteiger partial charge >= 0.3 is 0 Å². The van der Waals surface area contributed by atoms with Gasteiger partial charge in [-0.25, -0.2) is 4.39 Å². The normalized spacial score (nSPS) is 13.4. The summed E-state index contributed by atoms with van der Waals surface area (Å²) in [5, 5.41) is 2.99. The summed E-state index contributed by atoms with van der Waals surface area (Å²) in [5.41, 5.74) is 4.88. The van der Waals surface area contributed by atoms with E-state index in [1.165, 1.54) is 11.1 Å². The number of rotatable bonds is 11. The lowest BCUT2D eigenvalue weighted by atomic mass is 9.98. The molecule has 1 aliphatic heterocycles. The molecule has 2 aromatic rings. The van der Waals surface area contributed by atoms with E-state index in [1.54, 1.807) is 20.3 Å². The fourth-order valence-electron chi connectivity index (χ4n) is 4.35. The first-order chi connectivity index (χ1) is 16.0. The molecular formula is C26H35FN2O4. The number of fused-ring (bicyclic) bond motifs is 1. The summed E-state index contributed by atoms with van der Waals surface area (Å²) >= 11 is 0. The van der Waals surface area contributed by atoms with Crippen molar-refractivity contribution < 1.29 is 23.4 Å². The number of benzene rings is 2. The van der Waals surface area contributed by atoms with Crippen LogP contribution in [0.3, 0.4) is 0 Å². The van der Waals surface area contributed by atoms with Gasteiger partial charge in [0.05, 0.1) is 19.8 Å². The summed E-state index contributed by atoms with van der Waals surface area (Å²) < 4.78 is 28.9. The smallest absolute Gasteiger partial charge is 0.255 e. The Balaban J connectivity index is 1.47. The number of carbonyl (C=O) groups is 1. The lowest BCUT2D eigenvalue weighted by Crippen LogP contribution is -2.32. The van der Waals surface area contributed by atoms with Crippen molar-refractivity contribution in [2.75, 3.05) is 47.1 Å². The molecule has 180 valence electrons. The minimum atomic E-state index is -0.588. The van der Waals surface area contributed by atoms with Crippen LogP contribution in [0.1, 0.15) is 45.5 Å². The number of halogens is 1. The molecule has 1 heterocycles. The first-order valence-electron chi connectivity index (χ1n) is 11.5. The van der Waals surface area contributed by atoms with Gasteiger partial charge in [0.25, 0.3) is 5.91 Å². The van der Waals surface area contributed by atoms with Crippen LogP contribution >= 0.6 is 0 Å². The van der Waals surface area contributed by atoms with Crippen molar-refractivity contribution in [3.8, 4) is 17.2 Å². The average Bonchev–Trinajstić information content (AvgIpc) is 2.81. The van der Waals surface area contributed by atoms with E-state index in [-0.39, 0.29) is 12.5 Å². The van der Waals surface area contributed by atoms with Crippen LogP contribution in [0.4, 0.5) is 4.39 Å². The van der Waals surface area contributed by atoms with Gasteiger partial charge in [-0.2, -0.15) is 0 Å². The highest BCUT2D eigenvalue weighted by atomic mass is 18.2. The molecule has 0 aromatic heterocycles. The van der Waals surface area contributed by atoms with Crippen molar-refractivity contribution >= 4 is 5.91 Å². The summed E-state index contributed by atoms with van der Waals surface area (Å²) in [6.07, 6.45) is 2.86. The standard InChI is InChI=1S/C26H35FN2O4/c1-18-13-19(2)25(33-12-8-27)22(14-18)26(30)28-9-5-6-10-29-11-7-20-15-23(31-3)24(32-4)16-21(20)17-29/h13-16H,5-12,17H2,1-4H3,(H,28,30)/i27-1. The third-order valence-corrected chi connectivity index (χ3v) is 5.97. The molecule has 0 spiro atoms. The van der Waals surface area contributed by atoms with Crippen molar-refractivity contribution in [3.63, 3.8) is 0 Å². The Kier molecular flexibility index (Phi) is 8.95. The third-order valence-electron chi connectivity index (χ3n) is 5.97. The zero-order chi connectivity index (χ0) is 23.8. The maximum absolute atomic E-state index is 12.7. The maximum Gasteiger partial charge on any atom is 0.255 e. The van der Waals surface area contributed by atoms with Crippen LogP contribution in [0.2, 0.25) is 0 Å². The predicted molar refractivity (Wildman–Crippen MR) is 127 cm³/mol. The molecule has 0 radical (unpaired) electrons. The topological polar surface area (TPSA) is 60.0 Å². The molecule has 1 amide bonds. The highest BCUT2D eigenvalue weighted by Gasteiger charge is 2.19. The molecule has 0 saturated carbocycles. The van der Waals surface area contributed by atoms with E-state index < -0.39 is 6.67 Å². The van der Waals surface area contributed by atoms with E-state index in [0.717, 1.165) is 61.5 Å². The Labute approximate surface area is 196 Å². The van der Waals surface area contributed by atoms with Gasteiger partial charge in [-0.15, -0.1) is 0 Å². The number of nitrogens with one attached hydrogen (secondary N) is 1. The Morgan fingerprint density at radius 2 is 1.79 bits per heavy atom. The Morgan fingerprint density at radius 1 is 1.06 bits per heavy atom. The van der Waals surface area contributed by atoms with Gasteiger partial charge in [-0.3, -0.25) is 9.69 Å². The molecule has 2 aromatic carbocycles. The lowest BCUT2D eigenvalue weighted by Gasteiger charge is -2.29. The fourth-order valence-corrected chi connectivity index (χ4v) is 4.35. The van der Waals surface area contributed by atoms with Gasteiger partial charge in [-0.05, 0) is 80.1 Å². The number of alkyl halides is 1. The highest BCUT2D eigenvalue weighted by Crippen LogP contribution is 2.33. The fraction of sp³-hybridized carbons (Fsp3) is 0.500. The largest absolute Gasteiger partial charge is 0.493 e. The van der Waals surface area contributed by atoms with Crippen LogP contribution in [0, 0.1) is 13.8 Å². The zero-order valence-corrected chi connectivity index (χ0v) is 20.1. The van der Waals surface area contributed by atoms with Gasteiger partial charge in [-0.1, -0.05) is 6.07 Å². The molecule has 7 heteroatoms. The number of amides is 1. The van der Waals surface area contributed by atoms with E-state index in [1.807, 2.05) is 19.9 Å². The summed E-state index contributed by atoms with van der Waals surface area (Å²) in [7, 11) is 3.32. The second-order valence-corrected chi connectivity index (χ2v) is 8.46. The van der Waals surface area contributed by atoms with Crippen molar-refractivity contribution in [1.29, 1.82) is 0 Å². The van der Waals surface area contributed by atoms with Gasteiger partial charge in [0.1, 0.15) is 19.0 Å². The molecule has 0 atom stereocenters. The van der Waals surface area contributed by atoms with Crippen molar-refractivity contribution in [1.82, 2.24) is 10.2 Å². The quantitative estimate of drug-likeness (QED) is 0.512. The Bertz CT molecular complexity index is 964. The molecule has 3 rings (SSSR count). The zero-order valence-electron chi connectivity index (χ0n) is 20.1. The van der Waals surface area contributed by atoms with Crippen LogP contribution in [0.5, 0.6) is 17.2 Å². The molecule has 33 heavy (non-hydrogen) atoms. The van der Waals surface area contributed by atoms with Crippen LogP contribution < -0.4 is 19.5 Å². The molecule has 1 N–H and O–H groups in total. The SMILES string of the molecule is COc1cc2c(cc1OC)CN(CCCCNC(=O)c1cc(C)cc(C)c1OCC[18F])CC2. The van der Waals surface area contributed by atoms with E-state index >= 15 is 0 Å². The average molecular weight is 458 g/mol. The minimum absolute atomic E-state index is 0.0538. The number of nitrogens with zero attached hydrogens (tertiary/aromatic N) is 1. The molecule has 6 nitrogen and oxygen atoms in total. The molecule has 0 unspecified atom stereocenters. The van der Waals surface area contributed by atoms with Crippen LogP contribution in [-0.2, 0) is 13.0 Å². The monoisotopic (exact) mass is 457 g/mol. The van der Waals surface area contributed by atoms with E-state index in [2.05, 4.69) is 22.3 Å². The van der Waals surface area contributed by atoms with Gasteiger partial charge in [0, 0.05) is 19.6 Å². The maximum atomic E-state index is 12.7. The number of hydrogen-bond donors (Lipinski definition) is 1. The van der Waals surface area contributed by atoms with Crippen molar-refractivity contribution in [2.24, 2.45) is 0 Å². The van der Waals surface area contributed by atoms with Gasteiger partial charge < -0.3 is 19.5 Å². The number of methoxy groups -OCH3 is 2.